The molecular formula is C17H18BrClFN. The average Bonchev–Trinajstić information content (AvgIpc) is 2.41. The third-order valence-corrected chi connectivity index (χ3v) is 4.44. The van der Waals surface area contributed by atoms with Gasteiger partial charge in [0.25, 0.3) is 0 Å². The summed E-state index contributed by atoms with van der Waals surface area (Å²) in [5, 5.41) is 4.19. The number of nitrogens with one attached hydrogen (secondary N) is 1. The van der Waals surface area contributed by atoms with E-state index in [0.29, 0.717) is 5.02 Å². The Bertz CT molecular complexity index is 630. The lowest BCUT2D eigenvalue weighted by Gasteiger charge is -2.21. The predicted octanol–water partition coefficient (Wildman–Crippen LogP) is 5.44. The van der Waals surface area contributed by atoms with Gasteiger partial charge in [-0.3, -0.25) is 0 Å². The monoisotopic (exact) mass is 369 g/mol. The number of benzene rings is 2. The first-order valence-electron chi connectivity index (χ1n) is 6.94. The molecule has 21 heavy (non-hydrogen) atoms. The Labute approximate surface area is 138 Å². The van der Waals surface area contributed by atoms with Crippen LogP contribution in [0.1, 0.15) is 29.7 Å². The van der Waals surface area contributed by atoms with Crippen molar-refractivity contribution in [3.8, 4) is 0 Å². The lowest BCUT2D eigenvalue weighted by atomic mass is 9.96. The molecule has 4 heteroatoms. The van der Waals surface area contributed by atoms with E-state index in [2.05, 4.69) is 28.2 Å². The minimum absolute atomic E-state index is 0.158. The van der Waals surface area contributed by atoms with Gasteiger partial charge in [0.2, 0.25) is 0 Å². The molecule has 0 saturated carbocycles. The lowest BCUT2D eigenvalue weighted by molar-refractivity contribution is 0.545. The molecule has 1 nitrogen and oxygen atoms in total. The second kappa shape index (κ2) is 7.39. The molecule has 0 aliphatic rings. The van der Waals surface area contributed by atoms with Crippen molar-refractivity contribution >= 4 is 27.5 Å². The van der Waals surface area contributed by atoms with Crippen LogP contribution in [0.25, 0.3) is 0 Å². The van der Waals surface area contributed by atoms with Crippen LogP contribution in [0.15, 0.2) is 40.9 Å². The smallest absolute Gasteiger partial charge is 0.123 e. The second-order valence-corrected chi connectivity index (χ2v) is 6.34. The van der Waals surface area contributed by atoms with Gasteiger partial charge < -0.3 is 5.32 Å². The summed E-state index contributed by atoms with van der Waals surface area (Å²) in [5.41, 5.74) is 3.28. The molecule has 0 aromatic heterocycles. The molecule has 2 aromatic rings. The molecule has 0 aliphatic carbocycles. The zero-order chi connectivity index (χ0) is 15.4. The summed E-state index contributed by atoms with van der Waals surface area (Å²) in [4.78, 5) is 0. The van der Waals surface area contributed by atoms with E-state index in [4.69, 9.17) is 11.6 Å². The number of halogens is 3. The molecule has 1 atom stereocenters. The maximum Gasteiger partial charge on any atom is 0.123 e. The number of aryl methyl sites for hydroxylation is 1. The van der Waals surface area contributed by atoms with Gasteiger partial charge in [-0.05, 0) is 60.8 Å². The van der Waals surface area contributed by atoms with E-state index in [-0.39, 0.29) is 11.9 Å². The Morgan fingerprint density at radius 3 is 2.62 bits per heavy atom. The van der Waals surface area contributed by atoms with Crippen molar-refractivity contribution in [2.45, 2.75) is 26.3 Å². The average molecular weight is 371 g/mol. The predicted molar refractivity (Wildman–Crippen MR) is 90.4 cm³/mol. The van der Waals surface area contributed by atoms with Gasteiger partial charge in [-0.2, -0.15) is 0 Å². The van der Waals surface area contributed by atoms with Gasteiger partial charge in [-0.1, -0.05) is 46.6 Å². The van der Waals surface area contributed by atoms with Gasteiger partial charge >= 0.3 is 0 Å². The van der Waals surface area contributed by atoms with Crippen molar-refractivity contribution in [1.82, 2.24) is 5.32 Å². The Hall–Kier alpha value is -0.900. The van der Waals surface area contributed by atoms with Crippen LogP contribution >= 0.6 is 27.5 Å². The fraction of sp³-hybridized carbons (Fsp3) is 0.294. The molecule has 2 rings (SSSR count). The van der Waals surface area contributed by atoms with E-state index >= 15 is 0 Å². The quantitative estimate of drug-likeness (QED) is 0.738. The molecule has 1 N–H and O–H groups in total. The van der Waals surface area contributed by atoms with E-state index < -0.39 is 0 Å². The Morgan fingerprint density at radius 1 is 1.24 bits per heavy atom. The molecule has 0 radical (unpaired) electrons. The standard InChI is InChI=1S/C17H18BrClFN/c1-3-21-17(15-7-5-13(19)10-16(15)18)9-12-4-6-14(20)8-11(12)2/h4-8,10,17,21H,3,9H2,1-2H3. The Kier molecular flexibility index (Phi) is 5.80. The SMILES string of the molecule is CCNC(Cc1ccc(F)cc1C)c1ccc(Cl)cc1Br. The third-order valence-electron chi connectivity index (χ3n) is 3.52. The van der Waals surface area contributed by atoms with Crippen LogP contribution in [0.4, 0.5) is 4.39 Å². The largest absolute Gasteiger partial charge is 0.310 e. The van der Waals surface area contributed by atoms with Crippen molar-refractivity contribution in [2.24, 2.45) is 0 Å². The van der Waals surface area contributed by atoms with E-state index in [1.165, 1.54) is 6.07 Å². The van der Waals surface area contributed by atoms with Gasteiger partial charge in [-0.25, -0.2) is 4.39 Å². The number of likely N-dealkylation sites (N-methyl/N-ethyl adjacent to an activating group) is 1. The van der Waals surface area contributed by atoms with Crippen molar-refractivity contribution in [3.05, 3.63) is 68.4 Å². The summed E-state index contributed by atoms with van der Waals surface area (Å²) in [6.45, 7) is 4.88. The summed E-state index contributed by atoms with van der Waals surface area (Å²) < 4.78 is 14.2. The minimum Gasteiger partial charge on any atom is -0.310 e. The van der Waals surface area contributed by atoms with Crippen LogP contribution in [-0.4, -0.2) is 6.54 Å². The summed E-state index contributed by atoms with van der Waals surface area (Å²) >= 11 is 9.59. The van der Waals surface area contributed by atoms with E-state index in [9.17, 15) is 4.39 Å². The highest BCUT2D eigenvalue weighted by Gasteiger charge is 2.15. The molecule has 0 spiro atoms. The van der Waals surface area contributed by atoms with Crippen molar-refractivity contribution in [3.63, 3.8) is 0 Å². The molecule has 0 saturated heterocycles. The summed E-state index contributed by atoms with van der Waals surface area (Å²) in [6, 6.07) is 10.9. The first kappa shape index (κ1) is 16.5. The van der Waals surface area contributed by atoms with Crippen LogP contribution in [0, 0.1) is 12.7 Å². The molecule has 0 amide bonds. The lowest BCUT2D eigenvalue weighted by Crippen LogP contribution is -2.23. The minimum atomic E-state index is -0.191. The summed E-state index contributed by atoms with van der Waals surface area (Å²) in [5.74, 6) is -0.191. The highest BCUT2D eigenvalue weighted by molar-refractivity contribution is 9.10. The first-order chi connectivity index (χ1) is 10.0. The number of hydrogen-bond acceptors (Lipinski definition) is 1. The molecule has 112 valence electrons. The molecule has 0 aliphatic heterocycles. The summed E-state index contributed by atoms with van der Waals surface area (Å²) in [7, 11) is 0. The maximum atomic E-state index is 13.2. The Balaban J connectivity index is 2.30. The van der Waals surface area contributed by atoms with Crippen molar-refractivity contribution < 1.29 is 4.39 Å². The molecule has 2 aromatic carbocycles. The second-order valence-electron chi connectivity index (χ2n) is 5.05. The first-order valence-corrected chi connectivity index (χ1v) is 8.11. The molecule has 1 unspecified atom stereocenters. The fourth-order valence-corrected chi connectivity index (χ4v) is 3.39. The van der Waals surface area contributed by atoms with E-state index in [0.717, 1.165) is 34.1 Å². The molecule has 0 fully saturated rings. The zero-order valence-electron chi connectivity index (χ0n) is 12.1. The molecule has 0 bridgehead atoms. The molecular weight excluding hydrogens is 353 g/mol. The van der Waals surface area contributed by atoms with Gasteiger partial charge in [0.15, 0.2) is 0 Å². The third kappa shape index (κ3) is 4.29. The van der Waals surface area contributed by atoms with Gasteiger partial charge in [0, 0.05) is 15.5 Å². The highest BCUT2D eigenvalue weighted by atomic mass is 79.9. The number of rotatable bonds is 5. The maximum absolute atomic E-state index is 13.2. The van der Waals surface area contributed by atoms with Crippen LogP contribution in [0.2, 0.25) is 5.02 Å². The highest BCUT2D eigenvalue weighted by Crippen LogP contribution is 2.29. The zero-order valence-corrected chi connectivity index (χ0v) is 14.4. The fourth-order valence-electron chi connectivity index (χ4n) is 2.43. The number of hydrogen-bond donors (Lipinski definition) is 1. The van der Waals surface area contributed by atoms with E-state index in [1.807, 2.05) is 31.2 Å². The van der Waals surface area contributed by atoms with Crippen LogP contribution in [0.3, 0.4) is 0 Å². The van der Waals surface area contributed by atoms with Crippen LogP contribution in [-0.2, 0) is 6.42 Å². The summed E-state index contributed by atoms with van der Waals surface area (Å²) in [6.07, 6.45) is 0.806. The van der Waals surface area contributed by atoms with Crippen LogP contribution in [0.5, 0.6) is 0 Å². The van der Waals surface area contributed by atoms with Gasteiger partial charge in [-0.15, -0.1) is 0 Å². The van der Waals surface area contributed by atoms with Crippen molar-refractivity contribution in [1.29, 1.82) is 0 Å². The Morgan fingerprint density at radius 2 is 2.00 bits per heavy atom. The topological polar surface area (TPSA) is 12.0 Å². The van der Waals surface area contributed by atoms with E-state index in [1.54, 1.807) is 6.07 Å². The van der Waals surface area contributed by atoms with Gasteiger partial charge in [0.1, 0.15) is 5.82 Å². The normalized spacial score (nSPS) is 12.4. The van der Waals surface area contributed by atoms with Crippen LogP contribution < -0.4 is 5.32 Å². The van der Waals surface area contributed by atoms with Gasteiger partial charge in [0.05, 0.1) is 0 Å². The van der Waals surface area contributed by atoms with Crippen molar-refractivity contribution in [2.75, 3.05) is 6.54 Å². The molecule has 0 heterocycles.